The largest absolute Gasteiger partial charge is 0.383 e. The molecule has 0 radical (unpaired) electrons. The van der Waals surface area contributed by atoms with Gasteiger partial charge in [-0.05, 0) is 0 Å². The second-order valence-electron chi connectivity index (χ2n) is 3.27. The van der Waals surface area contributed by atoms with Crippen LogP contribution >= 0.6 is 11.3 Å². The molecule has 0 spiro atoms. The molecule has 0 bridgehead atoms. The fraction of sp³-hybridized carbons (Fsp3) is 0.400. The Morgan fingerprint density at radius 3 is 3.19 bits per heavy atom. The predicted molar refractivity (Wildman–Crippen MR) is 63.5 cm³/mol. The molecule has 0 saturated heterocycles. The second-order valence-corrected chi connectivity index (χ2v) is 3.99. The molecule has 1 N–H and O–H groups in total. The molecule has 6 heteroatoms. The lowest BCUT2D eigenvalue weighted by molar-refractivity contribution is 0.187. The van der Waals surface area contributed by atoms with Crippen molar-refractivity contribution in [2.45, 2.75) is 13.1 Å². The number of anilines is 1. The van der Waals surface area contributed by atoms with E-state index in [1.54, 1.807) is 24.6 Å². The minimum Gasteiger partial charge on any atom is -0.383 e. The highest BCUT2D eigenvalue weighted by Gasteiger charge is 2.02. The van der Waals surface area contributed by atoms with E-state index in [9.17, 15) is 0 Å². The van der Waals surface area contributed by atoms with Crippen LogP contribution in [0, 0.1) is 0 Å². The van der Waals surface area contributed by atoms with Gasteiger partial charge in [0, 0.05) is 31.4 Å². The van der Waals surface area contributed by atoms with E-state index in [0.29, 0.717) is 13.2 Å². The van der Waals surface area contributed by atoms with Crippen molar-refractivity contribution in [3.8, 4) is 0 Å². The summed E-state index contributed by atoms with van der Waals surface area (Å²) in [5, 5.41) is 5.27. The standard InChI is InChI=1S/C10H14N4OS/c1-15-5-4-14-3-2-11-10(14)12-6-9-7-16-8-13-9/h2-3,7-8H,4-6H2,1H3,(H,11,12). The topological polar surface area (TPSA) is 52.0 Å². The Morgan fingerprint density at radius 1 is 1.50 bits per heavy atom. The van der Waals surface area contributed by atoms with Gasteiger partial charge < -0.3 is 14.6 Å². The first-order valence-electron chi connectivity index (χ1n) is 5.01. The molecule has 0 atom stereocenters. The summed E-state index contributed by atoms with van der Waals surface area (Å²) in [5.74, 6) is 0.852. The molecule has 86 valence electrons. The number of ether oxygens (including phenoxy) is 1. The van der Waals surface area contributed by atoms with Crippen molar-refractivity contribution >= 4 is 17.3 Å². The SMILES string of the molecule is COCCn1ccnc1NCc1cscn1. The number of imidazole rings is 1. The van der Waals surface area contributed by atoms with Crippen molar-refractivity contribution in [3.05, 3.63) is 29.0 Å². The lowest BCUT2D eigenvalue weighted by Gasteiger charge is -2.08. The Hall–Kier alpha value is -1.40. The molecule has 0 aliphatic carbocycles. The molecule has 2 heterocycles. The molecule has 2 aromatic rings. The summed E-state index contributed by atoms with van der Waals surface area (Å²) in [5.41, 5.74) is 2.86. The second kappa shape index (κ2) is 5.62. The molecule has 0 fully saturated rings. The van der Waals surface area contributed by atoms with Crippen LogP contribution in [0.25, 0.3) is 0 Å². The first-order valence-corrected chi connectivity index (χ1v) is 5.95. The zero-order chi connectivity index (χ0) is 11.2. The Bertz CT molecular complexity index is 412. The number of methoxy groups -OCH3 is 1. The van der Waals surface area contributed by atoms with E-state index in [2.05, 4.69) is 15.3 Å². The van der Waals surface area contributed by atoms with Gasteiger partial charge in [-0.3, -0.25) is 0 Å². The highest BCUT2D eigenvalue weighted by Crippen LogP contribution is 2.07. The van der Waals surface area contributed by atoms with E-state index in [1.165, 1.54) is 0 Å². The minimum absolute atomic E-state index is 0.682. The molecule has 0 amide bonds. The van der Waals surface area contributed by atoms with Crippen LogP contribution in [0.5, 0.6) is 0 Å². The van der Waals surface area contributed by atoms with Crippen LogP contribution in [0.2, 0.25) is 0 Å². The summed E-state index contributed by atoms with van der Waals surface area (Å²) in [7, 11) is 1.69. The van der Waals surface area contributed by atoms with Gasteiger partial charge in [0.25, 0.3) is 0 Å². The van der Waals surface area contributed by atoms with E-state index in [-0.39, 0.29) is 0 Å². The van der Waals surface area contributed by atoms with Gasteiger partial charge in [0.05, 0.1) is 24.4 Å². The lowest BCUT2D eigenvalue weighted by Crippen LogP contribution is -2.10. The Balaban J connectivity index is 1.91. The molecule has 0 aliphatic heterocycles. The maximum atomic E-state index is 5.03. The number of rotatable bonds is 6. The van der Waals surface area contributed by atoms with Gasteiger partial charge in [-0.2, -0.15) is 0 Å². The van der Waals surface area contributed by atoms with E-state index in [4.69, 9.17) is 4.74 Å². The summed E-state index contributed by atoms with van der Waals surface area (Å²) in [6.07, 6.45) is 3.71. The van der Waals surface area contributed by atoms with Gasteiger partial charge in [0.2, 0.25) is 5.95 Å². The third-order valence-corrected chi connectivity index (χ3v) is 2.80. The summed E-state index contributed by atoms with van der Waals surface area (Å²) in [6, 6.07) is 0. The number of aromatic nitrogens is 3. The Morgan fingerprint density at radius 2 is 2.44 bits per heavy atom. The highest BCUT2D eigenvalue weighted by molar-refractivity contribution is 7.07. The van der Waals surface area contributed by atoms with Gasteiger partial charge in [-0.25, -0.2) is 9.97 Å². The van der Waals surface area contributed by atoms with Crippen LogP contribution in [0.3, 0.4) is 0 Å². The average molecular weight is 238 g/mol. The molecule has 2 aromatic heterocycles. The summed E-state index contributed by atoms with van der Waals surface area (Å²) < 4.78 is 7.06. The number of hydrogen-bond donors (Lipinski definition) is 1. The zero-order valence-electron chi connectivity index (χ0n) is 9.09. The molecule has 16 heavy (non-hydrogen) atoms. The molecule has 0 aromatic carbocycles. The van der Waals surface area contributed by atoms with E-state index >= 15 is 0 Å². The van der Waals surface area contributed by atoms with E-state index < -0.39 is 0 Å². The molecule has 0 saturated carbocycles. The Kier molecular flexibility index (Phi) is 3.90. The van der Waals surface area contributed by atoms with Gasteiger partial charge in [0.1, 0.15) is 0 Å². The molecular formula is C10H14N4OS. The predicted octanol–water partition coefficient (Wildman–Crippen LogP) is 1.60. The lowest BCUT2D eigenvalue weighted by atomic mass is 10.5. The van der Waals surface area contributed by atoms with Gasteiger partial charge in [-0.1, -0.05) is 0 Å². The van der Waals surface area contributed by atoms with Crippen molar-refractivity contribution in [3.63, 3.8) is 0 Å². The van der Waals surface area contributed by atoms with Crippen molar-refractivity contribution < 1.29 is 4.74 Å². The van der Waals surface area contributed by atoms with E-state index in [0.717, 1.165) is 18.2 Å². The molecule has 0 aliphatic rings. The van der Waals surface area contributed by atoms with Crippen LogP contribution in [-0.4, -0.2) is 28.3 Å². The average Bonchev–Trinajstić information content (AvgIpc) is 2.94. The molecule has 0 unspecified atom stereocenters. The fourth-order valence-corrected chi connectivity index (χ4v) is 1.90. The maximum absolute atomic E-state index is 5.03. The number of nitrogens with zero attached hydrogens (tertiary/aromatic N) is 3. The third-order valence-electron chi connectivity index (χ3n) is 2.16. The molecular weight excluding hydrogens is 224 g/mol. The van der Waals surface area contributed by atoms with Gasteiger partial charge >= 0.3 is 0 Å². The normalized spacial score (nSPS) is 10.6. The number of nitrogens with one attached hydrogen (secondary N) is 1. The summed E-state index contributed by atoms with van der Waals surface area (Å²) in [4.78, 5) is 8.44. The monoisotopic (exact) mass is 238 g/mol. The highest BCUT2D eigenvalue weighted by atomic mass is 32.1. The number of thiazole rings is 1. The van der Waals surface area contributed by atoms with E-state index in [1.807, 2.05) is 21.7 Å². The van der Waals surface area contributed by atoms with Gasteiger partial charge in [0.15, 0.2) is 0 Å². The van der Waals surface area contributed by atoms with Crippen molar-refractivity contribution in [2.24, 2.45) is 0 Å². The third kappa shape index (κ3) is 2.80. The summed E-state index contributed by atoms with van der Waals surface area (Å²) >= 11 is 1.60. The maximum Gasteiger partial charge on any atom is 0.203 e. The smallest absolute Gasteiger partial charge is 0.203 e. The first kappa shape index (κ1) is 11.1. The number of hydrogen-bond acceptors (Lipinski definition) is 5. The van der Waals surface area contributed by atoms with Crippen molar-refractivity contribution in [1.29, 1.82) is 0 Å². The zero-order valence-corrected chi connectivity index (χ0v) is 9.91. The van der Waals surface area contributed by atoms with Crippen LogP contribution < -0.4 is 5.32 Å². The van der Waals surface area contributed by atoms with Crippen LogP contribution in [0.15, 0.2) is 23.3 Å². The fourth-order valence-electron chi connectivity index (χ4n) is 1.34. The van der Waals surface area contributed by atoms with Crippen LogP contribution in [-0.2, 0) is 17.8 Å². The van der Waals surface area contributed by atoms with Gasteiger partial charge in [-0.15, -0.1) is 11.3 Å². The van der Waals surface area contributed by atoms with Crippen LogP contribution in [0.4, 0.5) is 5.95 Å². The first-order chi connectivity index (χ1) is 7.90. The molecule has 5 nitrogen and oxygen atoms in total. The van der Waals surface area contributed by atoms with Crippen molar-refractivity contribution in [1.82, 2.24) is 14.5 Å². The quantitative estimate of drug-likeness (QED) is 0.830. The molecule has 2 rings (SSSR count). The minimum atomic E-state index is 0.682. The van der Waals surface area contributed by atoms with Crippen molar-refractivity contribution in [2.75, 3.05) is 19.0 Å². The Labute approximate surface area is 98.1 Å². The summed E-state index contributed by atoms with van der Waals surface area (Å²) in [6.45, 7) is 2.19. The van der Waals surface area contributed by atoms with Crippen LogP contribution in [0.1, 0.15) is 5.69 Å².